The Kier molecular flexibility index (Phi) is 4.58. The van der Waals surface area contributed by atoms with E-state index >= 15 is 0 Å². The van der Waals surface area contributed by atoms with E-state index in [0.29, 0.717) is 0 Å². The number of aliphatic carboxylic acids is 1. The van der Waals surface area contributed by atoms with Crippen molar-refractivity contribution in [3.8, 4) is 6.07 Å². The van der Waals surface area contributed by atoms with Crippen LogP contribution in [-0.4, -0.2) is 25.5 Å². The van der Waals surface area contributed by atoms with Gasteiger partial charge in [0, 0.05) is 0 Å². The van der Waals surface area contributed by atoms with Crippen LogP contribution in [0.5, 0.6) is 0 Å². The lowest BCUT2D eigenvalue weighted by atomic mass is 10.2. The summed E-state index contributed by atoms with van der Waals surface area (Å²) in [6.45, 7) is 1.48. The van der Waals surface area contributed by atoms with Crippen molar-refractivity contribution in [1.82, 2.24) is 4.72 Å². The number of hydrogen-bond donors (Lipinski definition) is 2. The van der Waals surface area contributed by atoms with Gasteiger partial charge < -0.3 is 5.11 Å². The molecule has 0 bridgehead atoms. The third-order valence-electron chi connectivity index (χ3n) is 2.38. The van der Waals surface area contributed by atoms with Crippen LogP contribution in [0.2, 0.25) is 0 Å². The molecule has 102 valence electrons. The molecule has 0 fully saturated rings. The van der Waals surface area contributed by atoms with Crippen LogP contribution < -0.4 is 4.72 Å². The van der Waals surface area contributed by atoms with Crippen LogP contribution in [0.1, 0.15) is 18.9 Å². The molecule has 0 heterocycles. The molecule has 0 spiro atoms. The fraction of sp³-hybridized carbons (Fsp3) is 0.273. The summed E-state index contributed by atoms with van der Waals surface area (Å²) in [6.07, 6.45) is 0.0196. The minimum atomic E-state index is -4.28. The molecule has 0 radical (unpaired) electrons. The van der Waals surface area contributed by atoms with Crippen LogP contribution in [-0.2, 0) is 14.8 Å². The number of nitrogens with one attached hydrogen (secondary N) is 1. The number of carbonyl (C=O) groups is 1. The molecule has 1 aromatic rings. The van der Waals surface area contributed by atoms with E-state index < -0.39 is 38.3 Å². The molecule has 0 unspecified atom stereocenters. The molecule has 8 heteroatoms. The molecule has 0 aliphatic heterocycles. The van der Waals surface area contributed by atoms with Gasteiger partial charge in [-0.05, 0) is 18.6 Å². The second kappa shape index (κ2) is 5.77. The van der Waals surface area contributed by atoms with Gasteiger partial charge in [-0.25, -0.2) is 12.8 Å². The summed E-state index contributed by atoms with van der Waals surface area (Å²) in [5.74, 6) is -2.32. The molecule has 0 aliphatic carbocycles. The first kappa shape index (κ1) is 15.1. The zero-order valence-electron chi connectivity index (χ0n) is 9.92. The van der Waals surface area contributed by atoms with Gasteiger partial charge in [0.15, 0.2) is 0 Å². The molecule has 1 rings (SSSR count). The Labute approximate surface area is 109 Å². The van der Waals surface area contributed by atoms with E-state index in [1.807, 2.05) is 4.72 Å². The highest BCUT2D eigenvalue weighted by Crippen LogP contribution is 2.18. The largest absolute Gasteiger partial charge is 0.480 e. The number of nitrogens with zero attached hydrogens (tertiary/aromatic N) is 1. The van der Waals surface area contributed by atoms with Crippen molar-refractivity contribution >= 4 is 16.0 Å². The number of hydrogen-bond acceptors (Lipinski definition) is 4. The van der Waals surface area contributed by atoms with Crippen LogP contribution in [0, 0.1) is 17.1 Å². The highest BCUT2D eigenvalue weighted by atomic mass is 32.2. The second-order valence-corrected chi connectivity index (χ2v) is 5.33. The number of halogens is 1. The Balaban J connectivity index is 3.26. The molecule has 0 amide bonds. The van der Waals surface area contributed by atoms with E-state index in [4.69, 9.17) is 10.4 Å². The lowest BCUT2D eigenvalue weighted by Gasteiger charge is -2.13. The first-order chi connectivity index (χ1) is 8.83. The minimum absolute atomic E-state index is 0.0196. The Hall–Kier alpha value is -1.98. The third-order valence-corrected chi connectivity index (χ3v) is 3.89. The Morgan fingerprint density at radius 2 is 2.21 bits per heavy atom. The number of carboxylic acid groups (broad SMARTS) is 1. The molecule has 0 saturated heterocycles. The second-order valence-electron chi connectivity index (χ2n) is 3.65. The highest BCUT2D eigenvalue weighted by molar-refractivity contribution is 7.89. The first-order valence-corrected chi connectivity index (χ1v) is 6.75. The van der Waals surface area contributed by atoms with E-state index in [-0.39, 0.29) is 6.42 Å². The predicted octanol–water partition coefficient (Wildman–Crippen LogP) is 0.839. The molecule has 0 aromatic heterocycles. The highest BCUT2D eigenvalue weighted by Gasteiger charge is 2.27. The monoisotopic (exact) mass is 286 g/mol. The van der Waals surface area contributed by atoms with Crippen molar-refractivity contribution < 1.29 is 22.7 Å². The molecule has 1 aromatic carbocycles. The zero-order valence-corrected chi connectivity index (χ0v) is 10.7. The van der Waals surface area contributed by atoms with Crippen molar-refractivity contribution in [2.45, 2.75) is 24.3 Å². The maximum absolute atomic E-state index is 13.3. The van der Waals surface area contributed by atoms with Crippen LogP contribution in [0.3, 0.4) is 0 Å². The Morgan fingerprint density at radius 3 is 2.68 bits per heavy atom. The number of rotatable bonds is 5. The van der Waals surface area contributed by atoms with Gasteiger partial charge in [0.25, 0.3) is 0 Å². The summed E-state index contributed by atoms with van der Waals surface area (Å²) < 4.78 is 39.1. The standard InChI is InChI=1S/C11H11FN2O4S/c1-2-9(11(15)16)14-19(17,18)10-5-3-4-8(12)7(10)6-13/h3-5,9,14H,2H2,1H3,(H,15,16)/t9-/m0/s1. The summed E-state index contributed by atoms with van der Waals surface area (Å²) in [5, 5.41) is 17.6. The quantitative estimate of drug-likeness (QED) is 0.834. The number of nitriles is 1. The average molecular weight is 286 g/mol. The summed E-state index contributed by atoms with van der Waals surface area (Å²) >= 11 is 0. The smallest absolute Gasteiger partial charge is 0.321 e. The van der Waals surface area contributed by atoms with Crippen molar-refractivity contribution in [2.24, 2.45) is 0 Å². The van der Waals surface area contributed by atoms with Gasteiger partial charge in [-0.2, -0.15) is 9.98 Å². The van der Waals surface area contributed by atoms with Crippen molar-refractivity contribution in [3.05, 3.63) is 29.6 Å². The molecular formula is C11H11FN2O4S. The summed E-state index contributed by atoms with van der Waals surface area (Å²) in [4.78, 5) is 10.2. The molecule has 1 atom stereocenters. The Bertz CT molecular complexity index is 637. The topological polar surface area (TPSA) is 107 Å². The normalized spacial score (nSPS) is 12.7. The summed E-state index contributed by atoms with van der Waals surface area (Å²) in [6, 6.07) is 3.24. The molecule has 0 saturated carbocycles. The predicted molar refractivity (Wildman–Crippen MR) is 63.2 cm³/mol. The molecule has 2 N–H and O–H groups in total. The van der Waals surface area contributed by atoms with Gasteiger partial charge in [-0.15, -0.1) is 0 Å². The number of sulfonamides is 1. The minimum Gasteiger partial charge on any atom is -0.480 e. The molecule has 0 aliphatic rings. The lowest BCUT2D eigenvalue weighted by Crippen LogP contribution is -2.40. The van der Waals surface area contributed by atoms with Gasteiger partial charge in [-0.1, -0.05) is 13.0 Å². The molecule has 19 heavy (non-hydrogen) atoms. The lowest BCUT2D eigenvalue weighted by molar-refractivity contribution is -0.139. The van der Waals surface area contributed by atoms with Crippen molar-refractivity contribution in [1.29, 1.82) is 5.26 Å². The third kappa shape index (κ3) is 3.27. The Morgan fingerprint density at radius 1 is 1.58 bits per heavy atom. The van der Waals surface area contributed by atoms with Crippen LogP contribution >= 0.6 is 0 Å². The van der Waals surface area contributed by atoms with Gasteiger partial charge >= 0.3 is 5.97 Å². The SMILES string of the molecule is CC[C@H](NS(=O)(=O)c1cccc(F)c1C#N)C(=O)O. The van der Waals surface area contributed by atoms with Gasteiger partial charge in [0.05, 0.1) is 0 Å². The van der Waals surface area contributed by atoms with Crippen LogP contribution in [0.15, 0.2) is 23.1 Å². The van der Waals surface area contributed by atoms with E-state index in [2.05, 4.69) is 0 Å². The zero-order chi connectivity index (χ0) is 14.6. The average Bonchev–Trinajstić information content (AvgIpc) is 2.35. The van der Waals surface area contributed by atoms with Crippen LogP contribution in [0.25, 0.3) is 0 Å². The van der Waals surface area contributed by atoms with Crippen LogP contribution in [0.4, 0.5) is 4.39 Å². The summed E-state index contributed by atoms with van der Waals surface area (Å²) in [5.41, 5.74) is -0.643. The van der Waals surface area contributed by atoms with E-state index in [1.165, 1.54) is 13.0 Å². The van der Waals surface area contributed by atoms with Crippen molar-refractivity contribution in [2.75, 3.05) is 0 Å². The van der Waals surface area contributed by atoms with E-state index in [9.17, 15) is 17.6 Å². The fourth-order valence-electron chi connectivity index (χ4n) is 1.40. The van der Waals surface area contributed by atoms with Gasteiger partial charge in [0.1, 0.15) is 28.4 Å². The fourth-order valence-corrected chi connectivity index (χ4v) is 2.83. The first-order valence-electron chi connectivity index (χ1n) is 5.27. The maximum Gasteiger partial charge on any atom is 0.321 e. The van der Waals surface area contributed by atoms with E-state index in [1.54, 1.807) is 0 Å². The van der Waals surface area contributed by atoms with E-state index in [0.717, 1.165) is 18.2 Å². The molecular weight excluding hydrogens is 275 g/mol. The van der Waals surface area contributed by atoms with Crippen molar-refractivity contribution in [3.63, 3.8) is 0 Å². The maximum atomic E-state index is 13.3. The number of benzene rings is 1. The number of carboxylic acids is 1. The van der Waals surface area contributed by atoms with Gasteiger partial charge in [0.2, 0.25) is 10.0 Å². The summed E-state index contributed by atoms with van der Waals surface area (Å²) in [7, 11) is -4.28. The molecule has 6 nitrogen and oxygen atoms in total. The van der Waals surface area contributed by atoms with Gasteiger partial charge in [-0.3, -0.25) is 4.79 Å².